The lowest BCUT2D eigenvalue weighted by Gasteiger charge is -2.33. The van der Waals surface area contributed by atoms with Gasteiger partial charge in [0.15, 0.2) is 0 Å². The molecular formula is C13H23NO2. The van der Waals surface area contributed by atoms with Gasteiger partial charge in [-0.1, -0.05) is 26.8 Å². The van der Waals surface area contributed by atoms with E-state index in [1.54, 1.807) is 7.05 Å². The molecule has 92 valence electrons. The number of nitrogens with zero attached hydrogens (tertiary/aromatic N) is 1. The van der Waals surface area contributed by atoms with Crippen LogP contribution in [0.4, 0.5) is 0 Å². The average molecular weight is 225 g/mol. The van der Waals surface area contributed by atoms with Gasteiger partial charge in [0.2, 0.25) is 0 Å². The van der Waals surface area contributed by atoms with Gasteiger partial charge < -0.3 is 0 Å². The summed E-state index contributed by atoms with van der Waals surface area (Å²) < 4.78 is 0. The molecule has 1 amide bonds. The monoisotopic (exact) mass is 225 g/mol. The van der Waals surface area contributed by atoms with Gasteiger partial charge in [-0.25, -0.2) is 5.06 Å². The number of likely N-dealkylation sites (N-methyl/N-ethyl adjacent to an activating group) is 1. The van der Waals surface area contributed by atoms with Crippen molar-refractivity contribution in [3.05, 3.63) is 11.6 Å². The summed E-state index contributed by atoms with van der Waals surface area (Å²) in [7, 11) is 3.16. The zero-order chi connectivity index (χ0) is 12.3. The molecule has 3 heteroatoms. The first-order chi connectivity index (χ1) is 7.36. The summed E-state index contributed by atoms with van der Waals surface area (Å²) in [5, 5.41) is 1.29. The number of hydrogen-bond acceptors (Lipinski definition) is 2. The lowest BCUT2D eigenvalue weighted by Crippen LogP contribution is -2.30. The van der Waals surface area contributed by atoms with E-state index in [-0.39, 0.29) is 5.91 Å². The fourth-order valence-electron chi connectivity index (χ4n) is 2.10. The number of carbonyl (C=O) groups excluding carboxylic acids is 1. The minimum atomic E-state index is -0.00476. The summed E-state index contributed by atoms with van der Waals surface area (Å²) in [6.45, 7) is 6.79. The van der Waals surface area contributed by atoms with Gasteiger partial charge in [0.25, 0.3) is 5.91 Å². The Morgan fingerprint density at radius 1 is 1.50 bits per heavy atom. The van der Waals surface area contributed by atoms with E-state index in [0.29, 0.717) is 11.3 Å². The second-order valence-electron chi connectivity index (χ2n) is 5.55. The van der Waals surface area contributed by atoms with Crippen molar-refractivity contribution >= 4 is 5.91 Å². The van der Waals surface area contributed by atoms with Gasteiger partial charge in [-0.3, -0.25) is 9.63 Å². The first-order valence-electron chi connectivity index (χ1n) is 5.87. The molecule has 1 unspecified atom stereocenters. The van der Waals surface area contributed by atoms with Crippen LogP contribution in [0.1, 0.15) is 40.0 Å². The molecule has 0 bridgehead atoms. The minimum absolute atomic E-state index is 0.00476. The molecule has 0 aromatic carbocycles. The molecule has 16 heavy (non-hydrogen) atoms. The van der Waals surface area contributed by atoms with Crippen LogP contribution >= 0.6 is 0 Å². The quantitative estimate of drug-likeness (QED) is 0.676. The summed E-state index contributed by atoms with van der Waals surface area (Å²) in [5.41, 5.74) is 1.22. The van der Waals surface area contributed by atoms with Gasteiger partial charge in [-0.05, 0) is 30.6 Å². The Labute approximate surface area is 98.4 Å². The number of hydroxylamine groups is 2. The van der Waals surface area contributed by atoms with Crippen LogP contribution in [-0.4, -0.2) is 25.1 Å². The molecule has 0 N–H and O–H groups in total. The SMILES string of the molecule is CON(C)C(=O)C1=CCC(C(C)(C)C)CC1. The van der Waals surface area contributed by atoms with E-state index in [0.717, 1.165) is 24.8 Å². The fourth-order valence-corrected chi connectivity index (χ4v) is 2.10. The van der Waals surface area contributed by atoms with Crippen molar-refractivity contribution in [1.29, 1.82) is 0 Å². The Bertz CT molecular complexity index is 289. The molecule has 1 rings (SSSR count). The summed E-state index contributed by atoms with van der Waals surface area (Å²) in [6, 6.07) is 0. The van der Waals surface area contributed by atoms with E-state index in [2.05, 4.69) is 26.8 Å². The summed E-state index contributed by atoms with van der Waals surface area (Å²) in [5.74, 6) is 0.673. The molecule has 0 saturated heterocycles. The molecule has 0 aliphatic heterocycles. The number of rotatable bonds is 2. The van der Waals surface area contributed by atoms with Crippen LogP contribution in [0, 0.1) is 11.3 Å². The van der Waals surface area contributed by atoms with Crippen molar-refractivity contribution in [2.75, 3.05) is 14.2 Å². The van der Waals surface area contributed by atoms with E-state index >= 15 is 0 Å². The minimum Gasteiger partial charge on any atom is -0.274 e. The number of amides is 1. The lowest BCUT2D eigenvalue weighted by molar-refractivity contribution is -0.164. The second-order valence-corrected chi connectivity index (χ2v) is 5.55. The summed E-state index contributed by atoms with van der Waals surface area (Å²) in [4.78, 5) is 16.7. The van der Waals surface area contributed by atoms with Crippen molar-refractivity contribution < 1.29 is 9.63 Å². The van der Waals surface area contributed by atoms with Crippen molar-refractivity contribution in [2.45, 2.75) is 40.0 Å². The Kier molecular flexibility index (Phi) is 4.14. The predicted molar refractivity (Wildman–Crippen MR) is 64.7 cm³/mol. The maximum Gasteiger partial charge on any atom is 0.272 e. The Morgan fingerprint density at radius 2 is 2.12 bits per heavy atom. The number of allylic oxidation sites excluding steroid dienone is 1. The third-order valence-corrected chi connectivity index (χ3v) is 3.47. The van der Waals surface area contributed by atoms with Gasteiger partial charge in [0.1, 0.15) is 0 Å². The van der Waals surface area contributed by atoms with Crippen LogP contribution in [0.2, 0.25) is 0 Å². The number of hydrogen-bond donors (Lipinski definition) is 0. The largest absolute Gasteiger partial charge is 0.274 e. The highest BCUT2D eigenvalue weighted by atomic mass is 16.7. The smallest absolute Gasteiger partial charge is 0.272 e. The average Bonchev–Trinajstić information content (AvgIpc) is 2.26. The van der Waals surface area contributed by atoms with Gasteiger partial charge in [-0.15, -0.1) is 0 Å². The zero-order valence-corrected chi connectivity index (χ0v) is 11.0. The fraction of sp³-hybridized carbons (Fsp3) is 0.769. The highest BCUT2D eigenvalue weighted by Crippen LogP contribution is 2.37. The molecule has 3 nitrogen and oxygen atoms in total. The van der Waals surface area contributed by atoms with Crippen LogP contribution in [-0.2, 0) is 9.63 Å². The predicted octanol–water partition coefficient (Wildman–Crippen LogP) is 2.78. The third kappa shape index (κ3) is 3.08. The molecule has 1 atom stereocenters. The van der Waals surface area contributed by atoms with E-state index in [9.17, 15) is 4.79 Å². The first kappa shape index (κ1) is 13.2. The summed E-state index contributed by atoms with van der Waals surface area (Å²) in [6.07, 6.45) is 5.05. The summed E-state index contributed by atoms with van der Waals surface area (Å²) >= 11 is 0. The van der Waals surface area contributed by atoms with Crippen molar-refractivity contribution in [3.8, 4) is 0 Å². The molecule has 0 fully saturated rings. The molecule has 0 spiro atoms. The Morgan fingerprint density at radius 3 is 2.50 bits per heavy atom. The van der Waals surface area contributed by atoms with Crippen molar-refractivity contribution in [3.63, 3.8) is 0 Å². The van der Waals surface area contributed by atoms with E-state index in [1.165, 1.54) is 12.2 Å². The van der Waals surface area contributed by atoms with Gasteiger partial charge in [0, 0.05) is 12.6 Å². The Hall–Kier alpha value is -0.830. The van der Waals surface area contributed by atoms with Crippen LogP contribution in [0.3, 0.4) is 0 Å². The third-order valence-electron chi connectivity index (χ3n) is 3.47. The molecule has 1 aliphatic rings. The van der Waals surface area contributed by atoms with Gasteiger partial charge >= 0.3 is 0 Å². The molecule has 0 aromatic rings. The van der Waals surface area contributed by atoms with E-state index in [1.807, 2.05) is 0 Å². The van der Waals surface area contributed by atoms with Crippen molar-refractivity contribution in [1.82, 2.24) is 5.06 Å². The maximum atomic E-state index is 11.8. The van der Waals surface area contributed by atoms with Crippen LogP contribution in [0.5, 0.6) is 0 Å². The van der Waals surface area contributed by atoms with E-state index < -0.39 is 0 Å². The highest BCUT2D eigenvalue weighted by Gasteiger charge is 2.28. The van der Waals surface area contributed by atoms with Crippen molar-refractivity contribution in [2.24, 2.45) is 11.3 Å². The second kappa shape index (κ2) is 5.00. The Balaban J connectivity index is 2.63. The molecular weight excluding hydrogens is 202 g/mol. The van der Waals surface area contributed by atoms with Gasteiger partial charge in [0.05, 0.1) is 7.11 Å². The molecule has 0 aromatic heterocycles. The highest BCUT2D eigenvalue weighted by molar-refractivity contribution is 5.92. The normalized spacial score (nSPS) is 21.6. The van der Waals surface area contributed by atoms with Gasteiger partial charge in [-0.2, -0.15) is 0 Å². The van der Waals surface area contributed by atoms with E-state index in [4.69, 9.17) is 4.84 Å². The topological polar surface area (TPSA) is 29.5 Å². The molecule has 0 radical (unpaired) electrons. The lowest BCUT2D eigenvalue weighted by atomic mass is 9.73. The maximum absolute atomic E-state index is 11.8. The van der Waals surface area contributed by atoms with Crippen LogP contribution < -0.4 is 0 Å². The zero-order valence-electron chi connectivity index (χ0n) is 11.0. The molecule has 1 aliphatic carbocycles. The van der Waals surface area contributed by atoms with Crippen LogP contribution in [0.25, 0.3) is 0 Å². The molecule has 0 saturated carbocycles. The standard InChI is InChI=1S/C13H23NO2/c1-13(2,3)11-8-6-10(7-9-11)12(15)14(4)16-5/h6,11H,7-9H2,1-5H3. The molecule has 0 heterocycles. The number of carbonyl (C=O) groups is 1. The first-order valence-corrected chi connectivity index (χ1v) is 5.87. The van der Waals surface area contributed by atoms with Crippen LogP contribution in [0.15, 0.2) is 11.6 Å².